The van der Waals surface area contributed by atoms with Gasteiger partial charge in [-0.15, -0.1) is 0 Å². The van der Waals surface area contributed by atoms with Crippen molar-refractivity contribution in [1.29, 1.82) is 0 Å². The van der Waals surface area contributed by atoms with Crippen LogP contribution in [0, 0.1) is 0 Å². The molecule has 0 saturated carbocycles. The van der Waals surface area contributed by atoms with Crippen molar-refractivity contribution in [3.63, 3.8) is 0 Å². The van der Waals surface area contributed by atoms with Gasteiger partial charge in [0.15, 0.2) is 0 Å². The molecule has 2 amide bonds. The van der Waals surface area contributed by atoms with Crippen LogP contribution in [0.3, 0.4) is 0 Å². The van der Waals surface area contributed by atoms with Gasteiger partial charge in [-0.2, -0.15) is 0 Å². The fraction of sp³-hybridized carbons (Fsp3) is 0.692. The number of hydrogen-bond acceptors (Lipinski definition) is 5. The van der Waals surface area contributed by atoms with E-state index in [1.54, 1.807) is 45.0 Å². The van der Waals surface area contributed by atoms with E-state index < -0.39 is 30.4 Å². The maximum atomic E-state index is 12.4. The molecule has 0 aliphatic carbocycles. The molecular formula is C26H44N2O5. The van der Waals surface area contributed by atoms with Gasteiger partial charge in [0, 0.05) is 17.7 Å². The number of aliphatic hydroxyl groups excluding tert-OH is 2. The van der Waals surface area contributed by atoms with E-state index in [0.717, 1.165) is 19.3 Å². The van der Waals surface area contributed by atoms with E-state index in [1.807, 2.05) is 0 Å². The lowest BCUT2D eigenvalue weighted by Crippen LogP contribution is -2.44. The van der Waals surface area contributed by atoms with Crippen LogP contribution in [0.15, 0.2) is 24.3 Å². The number of alkyl carbamates (subject to hydrolysis) is 1. The summed E-state index contributed by atoms with van der Waals surface area (Å²) >= 11 is 0. The number of anilines is 1. The maximum absolute atomic E-state index is 12.4. The largest absolute Gasteiger partial charge is 0.444 e. The predicted molar refractivity (Wildman–Crippen MR) is 132 cm³/mol. The maximum Gasteiger partial charge on any atom is 0.408 e. The quantitative estimate of drug-likeness (QED) is 0.258. The van der Waals surface area contributed by atoms with Crippen molar-refractivity contribution in [2.45, 2.75) is 110 Å². The van der Waals surface area contributed by atoms with E-state index in [0.29, 0.717) is 17.7 Å². The molecule has 2 atom stereocenters. The summed E-state index contributed by atoms with van der Waals surface area (Å²) in [7, 11) is 0. The van der Waals surface area contributed by atoms with Gasteiger partial charge < -0.3 is 25.6 Å². The molecule has 1 aromatic carbocycles. The van der Waals surface area contributed by atoms with E-state index in [9.17, 15) is 19.8 Å². The van der Waals surface area contributed by atoms with E-state index in [2.05, 4.69) is 17.6 Å². The first-order valence-corrected chi connectivity index (χ1v) is 12.3. The third kappa shape index (κ3) is 12.6. The minimum Gasteiger partial charge on any atom is -0.444 e. The fourth-order valence-corrected chi connectivity index (χ4v) is 3.58. The molecule has 1 unspecified atom stereocenters. The number of nitrogens with one attached hydrogen (secondary N) is 2. The summed E-state index contributed by atoms with van der Waals surface area (Å²) < 4.78 is 5.21. The Morgan fingerprint density at radius 3 is 2.12 bits per heavy atom. The first-order valence-electron chi connectivity index (χ1n) is 12.3. The van der Waals surface area contributed by atoms with Crippen LogP contribution in [-0.2, 0) is 9.53 Å². The summed E-state index contributed by atoms with van der Waals surface area (Å²) in [4.78, 5) is 24.5. The third-order valence-corrected chi connectivity index (χ3v) is 5.34. The van der Waals surface area contributed by atoms with Gasteiger partial charge >= 0.3 is 6.09 Å². The molecule has 7 heteroatoms. The zero-order chi connectivity index (χ0) is 24.7. The Morgan fingerprint density at radius 2 is 1.55 bits per heavy atom. The van der Waals surface area contributed by atoms with Crippen LogP contribution in [0.4, 0.5) is 10.5 Å². The standard InChI is InChI=1S/C26H44N2O5/c1-5-6-7-8-9-10-11-12-13-18-23(30)27-21-17-15-14-16-20(21)24(31)22(19-29)28-25(32)33-26(2,3)4/h14-17,22,24,29,31H,5-13,18-19H2,1-4H3,(H,27,30)(H,28,32)/t22-,24?/m1/s1. The average Bonchev–Trinajstić information content (AvgIpc) is 2.75. The highest BCUT2D eigenvalue weighted by atomic mass is 16.6. The molecule has 1 rings (SSSR count). The monoisotopic (exact) mass is 464 g/mol. The fourth-order valence-electron chi connectivity index (χ4n) is 3.58. The van der Waals surface area contributed by atoms with Gasteiger partial charge in [-0.3, -0.25) is 4.79 Å². The number of para-hydroxylation sites is 1. The molecule has 0 radical (unpaired) electrons. The molecule has 33 heavy (non-hydrogen) atoms. The third-order valence-electron chi connectivity index (χ3n) is 5.34. The number of aliphatic hydroxyl groups is 2. The summed E-state index contributed by atoms with van der Waals surface area (Å²) in [5, 5.41) is 25.9. The summed E-state index contributed by atoms with van der Waals surface area (Å²) in [6, 6.07) is 5.89. The Hall–Kier alpha value is -2.12. The van der Waals surface area contributed by atoms with Gasteiger partial charge in [0.2, 0.25) is 5.91 Å². The highest BCUT2D eigenvalue weighted by molar-refractivity contribution is 5.91. The molecule has 0 aromatic heterocycles. The van der Waals surface area contributed by atoms with Crippen molar-refractivity contribution >= 4 is 17.7 Å². The van der Waals surface area contributed by atoms with Crippen molar-refractivity contribution < 1.29 is 24.5 Å². The Bertz CT molecular complexity index is 702. The van der Waals surface area contributed by atoms with E-state index in [4.69, 9.17) is 4.74 Å². The molecule has 1 aromatic rings. The molecule has 0 aliphatic heterocycles. The second-order valence-corrected chi connectivity index (χ2v) is 9.59. The number of ether oxygens (including phenoxy) is 1. The Kier molecular flexibility index (Phi) is 13.7. The Balaban J connectivity index is 2.53. The van der Waals surface area contributed by atoms with Crippen molar-refractivity contribution in [3.05, 3.63) is 29.8 Å². The molecule has 7 nitrogen and oxygen atoms in total. The lowest BCUT2D eigenvalue weighted by atomic mass is 10.0. The second-order valence-electron chi connectivity index (χ2n) is 9.59. The van der Waals surface area contributed by atoms with Crippen molar-refractivity contribution in [2.24, 2.45) is 0 Å². The van der Waals surface area contributed by atoms with Crippen LogP contribution in [0.1, 0.15) is 104 Å². The SMILES string of the molecule is CCCCCCCCCCCC(=O)Nc1ccccc1C(O)[C@@H](CO)NC(=O)OC(C)(C)C. The highest BCUT2D eigenvalue weighted by Crippen LogP contribution is 2.26. The number of benzene rings is 1. The molecule has 0 aliphatic rings. The van der Waals surface area contributed by atoms with Crippen LogP contribution in [0.2, 0.25) is 0 Å². The van der Waals surface area contributed by atoms with Gasteiger partial charge in [0.05, 0.1) is 12.6 Å². The molecule has 0 fully saturated rings. The molecular weight excluding hydrogens is 420 g/mol. The van der Waals surface area contributed by atoms with E-state index in [1.165, 1.54) is 38.5 Å². The van der Waals surface area contributed by atoms with Gasteiger partial charge in [-0.05, 0) is 33.3 Å². The van der Waals surface area contributed by atoms with Crippen molar-refractivity contribution in [1.82, 2.24) is 5.32 Å². The number of hydrogen-bond donors (Lipinski definition) is 4. The Labute approximate surface area is 199 Å². The number of amides is 2. The summed E-state index contributed by atoms with van der Waals surface area (Å²) in [6.45, 7) is 6.93. The Morgan fingerprint density at radius 1 is 0.970 bits per heavy atom. The molecule has 188 valence electrons. The van der Waals surface area contributed by atoms with E-state index >= 15 is 0 Å². The van der Waals surface area contributed by atoms with Gasteiger partial charge in [-0.1, -0.05) is 76.5 Å². The van der Waals surface area contributed by atoms with Crippen molar-refractivity contribution in [2.75, 3.05) is 11.9 Å². The lowest BCUT2D eigenvalue weighted by molar-refractivity contribution is -0.116. The van der Waals surface area contributed by atoms with Crippen LogP contribution < -0.4 is 10.6 Å². The van der Waals surface area contributed by atoms with Crippen LogP contribution in [0.5, 0.6) is 0 Å². The van der Waals surface area contributed by atoms with Gasteiger partial charge in [-0.25, -0.2) is 4.79 Å². The smallest absolute Gasteiger partial charge is 0.408 e. The van der Waals surface area contributed by atoms with Crippen LogP contribution in [-0.4, -0.2) is 40.5 Å². The number of unbranched alkanes of at least 4 members (excludes halogenated alkanes) is 8. The first-order chi connectivity index (χ1) is 15.7. The lowest BCUT2D eigenvalue weighted by Gasteiger charge is -2.26. The van der Waals surface area contributed by atoms with Crippen molar-refractivity contribution in [3.8, 4) is 0 Å². The first kappa shape index (κ1) is 28.9. The number of carbonyl (C=O) groups excluding carboxylic acids is 2. The molecule has 0 saturated heterocycles. The minimum atomic E-state index is -1.22. The van der Waals surface area contributed by atoms with E-state index in [-0.39, 0.29) is 5.91 Å². The zero-order valence-electron chi connectivity index (χ0n) is 20.9. The summed E-state index contributed by atoms with van der Waals surface area (Å²) in [6.07, 6.45) is 9.13. The topological polar surface area (TPSA) is 108 Å². The summed E-state index contributed by atoms with van der Waals surface area (Å²) in [5.41, 5.74) is 0.194. The predicted octanol–water partition coefficient (Wildman–Crippen LogP) is 5.47. The van der Waals surface area contributed by atoms with Crippen LogP contribution >= 0.6 is 0 Å². The zero-order valence-corrected chi connectivity index (χ0v) is 20.9. The molecule has 0 spiro atoms. The van der Waals surface area contributed by atoms with Gasteiger partial charge in [0.1, 0.15) is 11.7 Å². The average molecular weight is 465 g/mol. The van der Waals surface area contributed by atoms with Crippen LogP contribution in [0.25, 0.3) is 0 Å². The minimum absolute atomic E-state index is 0.113. The molecule has 0 bridgehead atoms. The molecule has 0 heterocycles. The summed E-state index contributed by atoms with van der Waals surface area (Å²) in [5.74, 6) is -0.113. The molecule has 4 N–H and O–H groups in total. The highest BCUT2D eigenvalue weighted by Gasteiger charge is 2.27. The second kappa shape index (κ2) is 15.7. The van der Waals surface area contributed by atoms with Gasteiger partial charge in [0.25, 0.3) is 0 Å². The normalized spacial score (nSPS) is 13.3. The number of carbonyl (C=O) groups is 2. The number of rotatable bonds is 15.